The highest BCUT2D eigenvalue weighted by molar-refractivity contribution is 14.1. The van der Waals surface area contributed by atoms with Crippen LogP contribution in [-0.4, -0.2) is 4.98 Å². The highest BCUT2D eigenvalue weighted by atomic mass is 127. The normalized spacial score (nSPS) is 10.1. The molecule has 14 heavy (non-hydrogen) atoms. The second kappa shape index (κ2) is 4.04. The predicted molar refractivity (Wildman–Crippen MR) is 62.3 cm³/mol. The molecule has 0 amide bonds. The third-order valence-corrected chi connectivity index (χ3v) is 2.77. The fraction of sp³-hybridized carbons (Fsp3) is 0. The highest BCUT2D eigenvalue weighted by Crippen LogP contribution is 2.24. The molecule has 0 radical (unpaired) electrons. The molecule has 70 valence electrons. The molecule has 2 aromatic rings. The van der Waals surface area contributed by atoms with E-state index in [1.165, 1.54) is 12.3 Å². The summed E-state index contributed by atoms with van der Waals surface area (Å²) < 4.78 is 13.9. The Bertz CT molecular complexity index is 442. The van der Waals surface area contributed by atoms with E-state index in [2.05, 4.69) is 27.6 Å². The van der Waals surface area contributed by atoms with Crippen molar-refractivity contribution in [3.05, 3.63) is 52.1 Å². The van der Waals surface area contributed by atoms with Gasteiger partial charge in [-0.25, -0.2) is 4.98 Å². The Morgan fingerprint density at radius 2 is 1.86 bits per heavy atom. The van der Waals surface area contributed by atoms with Crippen LogP contribution in [0.15, 0.2) is 42.6 Å². The summed E-state index contributed by atoms with van der Waals surface area (Å²) in [5.74, 6) is -0.440. The Morgan fingerprint density at radius 1 is 1.14 bits per heavy atom. The average Bonchev–Trinajstić information content (AvgIpc) is 2.23. The molecular formula is C11H7FIN. The molecule has 0 spiro atoms. The molecule has 0 aliphatic rings. The number of nitrogens with zero attached hydrogens (tertiary/aromatic N) is 1. The zero-order chi connectivity index (χ0) is 9.97. The third kappa shape index (κ3) is 1.92. The molecule has 0 atom stereocenters. The van der Waals surface area contributed by atoms with E-state index >= 15 is 0 Å². The number of hydrogen-bond donors (Lipinski definition) is 0. The maximum absolute atomic E-state index is 12.9. The molecule has 2 rings (SSSR count). The Kier molecular flexibility index (Phi) is 2.77. The number of halogens is 2. The summed E-state index contributed by atoms with van der Waals surface area (Å²) in [6, 6.07) is 11.2. The van der Waals surface area contributed by atoms with Gasteiger partial charge in [-0.15, -0.1) is 0 Å². The number of pyridine rings is 1. The lowest BCUT2D eigenvalue weighted by atomic mass is 10.1. The minimum Gasteiger partial charge on any atom is -0.227 e. The van der Waals surface area contributed by atoms with Crippen LogP contribution < -0.4 is 0 Å². The summed E-state index contributed by atoms with van der Waals surface area (Å²) in [5, 5.41) is 0. The van der Waals surface area contributed by atoms with E-state index in [4.69, 9.17) is 0 Å². The standard InChI is InChI=1S/C11H7FIN/c12-11-6-9(10(13)7-14-11)8-4-2-1-3-5-8/h1-7H. The second-order valence-corrected chi connectivity index (χ2v) is 4.02. The van der Waals surface area contributed by atoms with Crippen LogP contribution in [0.3, 0.4) is 0 Å². The minimum atomic E-state index is -0.440. The first-order valence-corrected chi connectivity index (χ1v) is 5.22. The van der Waals surface area contributed by atoms with Crippen LogP contribution in [0.2, 0.25) is 0 Å². The van der Waals surface area contributed by atoms with Crippen LogP contribution in [0.25, 0.3) is 11.1 Å². The van der Waals surface area contributed by atoms with Crippen LogP contribution in [0, 0.1) is 9.52 Å². The molecule has 1 nitrogen and oxygen atoms in total. The van der Waals surface area contributed by atoms with E-state index in [0.29, 0.717) is 0 Å². The molecule has 0 saturated carbocycles. The van der Waals surface area contributed by atoms with E-state index in [1.807, 2.05) is 30.3 Å². The van der Waals surface area contributed by atoms with E-state index in [-0.39, 0.29) is 0 Å². The van der Waals surface area contributed by atoms with Gasteiger partial charge < -0.3 is 0 Å². The smallest absolute Gasteiger partial charge is 0.213 e. The molecule has 1 heterocycles. The number of benzene rings is 1. The van der Waals surface area contributed by atoms with Crippen molar-refractivity contribution in [1.29, 1.82) is 0 Å². The van der Waals surface area contributed by atoms with Crippen molar-refractivity contribution in [3.8, 4) is 11.1 Å². The van der Waals surface area contributed by atoms with Gasteiger partial charge in [0, 0.05) is 21.4 Å². The first-order valence-electron chi connectivity index (χ1n) is 4.14. The van der Waals surface area contributed by atoms with Crippen LogP contribution in [-0.2, 0) is 0 Å². The summed E-state index contributed by atoms with van der Waals surface area (Å²) in [5.41, 5.74) is 1.90. The maximum atomic E-state index is 12.9. The zero-order valence-corrected chi connectivity index (χ0v) is 9.40. The lowest BCUT2D eigenvalue weighted by Gasteiger charge is -2.03. The molecule has 1 aromatic carbocycles. The largest absolute Gasteiger partial charge is 0.227 e. The van der Waals surface area contributed by atoms with Gasteiger partial charge in [0.15, 0.2) is 0 Å². The molecule has 0 aliphatic carbocycles. The van der Waals surface area contributed by atoms with Gasteiger partial charge >= 0.3 is 0 Å². The van der Waals surface area contributed by atoms with Crippen LogP contribution in [0.5, 0.6) is 0 Å². The summed E-state index contributed by atoms with van der Waals surface area (Å²) in [4.78, 5) is 3.59. The predicted octanol–water partition coefficient (Wildman–Crippen LogP) is 3.49. The lowest BCUT2D eigenvalue weighted by Crippen LogP contribution is -1.88. The molecule has 0 bridgehead atoms. The van der Waals surface area contributed by atoms with E-state index in [9.17, 15) is 4.39 Å². The van der Waals surface area contributed by atoms with E-state index in [1.54, 1.807) is 0 Å². The quantitative estimate of drug-likeness (QED) is 0.580. The van der Waals surface area contributed by atoms with Gasteiger partial charge in [0.1, 0.15) is 0 Å². The number of hydrogen-bond acceptors (Lipinski definition) is 1. The topological polar surface area (TPSA) is 12.9 Å². The van der Waals surface area contributed by atoms with Crippen molar-refractivity contribution >= 4 is 22.6 Å². The van der Waals surface area contributed by atoms with Gasteiger partial charge in [-0.1, -0.05) is 30.3 Å². The summed E-state index contributed by atoms with van der Waals surface area (Å²) >= 11 is 2.15. The van der Waals surface area contributed by atoms with Gasteiger partial charge in [-0.3, -0.25) is 0 Å². The van der Waals surface area contributed by atoms with Gasteiger partial charge in [-0.2, -0.15) is 4.39 Å². The fourth-order valence-corrected chi connectivity index (χ4v) is 1.86. The molecule has 3 heteroatoms. The van der Waals surface area contributed by atoms with Gasteiger partial charge in [0.2, 0.25) is 5.95 Å². The van der Waals surface area contributed by atoms with E-state index < -0.39 is 5.95 Å². The maximum Gasteiger partial charge on any atom is 0.213 e. The van der Waals surface area contributed by atoms with Crippen LogP contribution in [0.4, 0.5) is 4.39 Å². The lowest BCUT2D eigenvalue weighted by molar-refractivity contribution is 0.584. The van der Waals surface area contributed by atoms with Crippen molar-refractivity contribution in [2.24, 2.45) is 0 Å². The molecular weight excluding hydrogens is 292 g/mol. The number of aromatic nitrogens is 1. The van der Waals surface area contributed by atoms with Crippen molar-refractivity contribution in [2.45, 2.75) is 0 Å². The molecule has 0 N–H and O–H groups in total. The monoisotopic (exact) mass is 299 g/mol. The van der Waals surface area contributed by atoms with Crippen molar-refractivity contribution in [1.82, 2.24) is 4.98 Å². The molecule has 0 unspecified atom stereocenters. The Labute approximate surface area is 95.1 Å². The van der Waals surface area contributed by atoms with Crippen molar-refractivity contribution in [3.63, 3.8) is 0 Å². The fourth-order valence-electron chi connectivity index (χ4n) is 1.25. The molecule has 0 aliphatic heterocycles. The van der Waals surface area contributed by atoms with Crippen LogP contribution >= 0.6 is 22.6 Å². The molecule has 0 saturated heterocycles. The summed E-state index contributed by atoms with van der Waals surface area (Å²) in [7, 11) is 0. The summed E-state index contributed by atoms with van der Waals surface area (Å²) in [6.07, 6.45) is 1.54. The van der Waals surface area contributed by atoms with Crippen molar-refractivity contribution < 1.29 is 4.39 Å². The third-order valence-electron chi connectivity index (χ3n) is 1.91. The first-order chi connectivity index (χ1) is 6.77. The molecule has 1 aromatic heterocycles. The molecule has 0 fully saturated rings. The van der Waals surface area contributed by atoms with Crippen LogP contribution in [0.1, 0.15) is 0 Å². The number of rotatable bonds is 1. The van der Waals surface area contributed by atoms with Gasteiger partial charge in [-0.05, 0) is 28.2 Å². The first kappa shape index (κ1) is 9.58. The zero-order valence-electron chi connectivity index (χ0n) is 7.24. The van der Waals surface area contributed by atoms with Gasteiger partial charge in [0.25, 0.3) is 0 Å². The van der Waals surface area contributed by atoms with E-state index in [0.717, 1.165) is 14.7 Å². The Balaban J connectivity index is 2.57. The minimum absolute atomic E-state index is 0.440. The summed E-state index contributed by atoms with van der Waals surface area (Å²) in [6.45, 7) is 0. The van der Waals surface area contributed by atoms with Gasteiger partial charge in [0.05, 0.1) is 0 Å². The Morgan fingerprint density at radius 3 is 2.57 bits per heavy atom. The SMILES string of the molecule is Fc1cc(-c2ccccc2)c(I)cn1. The second-order valence-electron chi connectivity index (χ2n) is 2.85. The highest BCUT2D eigenvalue weighted by Gasteiger charge is 2.04. The van der Waals surface area contributed by atoms with Crippen molar-refractivity contribution in [2.75, 3.05) is 0 Å². The Hall–Kier alpha value is -0.970. The average molecular weight is 299 g/mol.